The molecule has 2 heterocycles. The van der Waals surface area contributed by atoms with E-state index in [-0.39, 0.29) is 18.0 Å². The summed E-state index contributed by atoms with van der Waals surface area (Å²) in [5.41, 5.74) is 2.65. The molecule has 0 fully saturated rings. The zero-order valence-corrected chi connectivity index (χ0v) is 17.0. The molecule has 0 amide bonds. The fraction of sp³-hybridized carbons (Fsp3) is 0.136. The Labute approximate surface area is 174 Å². The van der Waals surface area contributed by atoms with Crippen LogP contribution in [0.15, 0.2) is 82.4 Å². The molecule has 2 aromatic carbocycles. The molecule has 0 radical (unpaired) electrons. The van der Waals surface area contributed by atoms with Crippen LogP contribution in [0, 0.1) is 6.92 Å². The molecule has 7 nitrogen and oxygen atoms in total. The van der Waals surface area contributed by atoms with Crippen LogP contribution in [0.25, 0.3) is 0 Å². The Morgan fingerprint density at radius 1 is 1.07 bits per heavy atom. The number of hydrogen-bond acceptors (Lipinski definition) is 6. The van der Waals surface area contributed by atoms with E-state index in [4.69, 9.17) is 4.74 Å². The molecule has 0 saturated heterocycles. The van der Waals surface area contributed by atoms with Crippen molar-refractivity contribution < 1.29 is 17.9 Å². The fourth-order valence-electron chi connectivity index (χ4n) is 3.23. The molecular formula is C22H19N3O4S. The van der Waals surface area contributed by atoms with E-state index in [0.717, 1.165) is 11.3 Å². The largest absolute Gasteiger partial charge is 0.460 e. The Morgan fingerprint density at radius 2 is 1.90 bits per heavy atom. The second-order valence-corrected chi connectivity index (χ2v) is 8.33. The van der Waals surface area contributed by atoms with E-state index in [1.54, 1.807) is 41.4 Å². The van der Waals surface area contributed by atoms with Gasteiger partial charge in [0.15, 0.2) is 5.84 Å². The molecule has 1 aliphatic rings. The van der Waals surface area contributed by atoms with Gasteiger partial charge in [0.05, 0.1) is 12.1 Å². The van der Waals surface area contributed by atoms with Crippen LogP contribution in [0.3, 0.4) is 0 Å². The number of benzene rings is 2. The van der Waals surface area contributed by atoms with Crippen molar-refractivity contribution in [2.75, 3.05) is 18.1 Å². The average molecular weight is 421 g/mol. The van der Waals surface area contributed by atoms with Crippen LogP contribution in [0.4, 0.5) is 5.69 Å². The van der Waals surface area contributed by atoms with Gasteiger partial charge >= 0.3 is 5.97 Å². The molecule has 0 aliphatic carbocycles. The van der Waals surface area contributed by atoms with E-state index in [1.807, 2.05) is 31.2 Å². The summed E-state index contributed by atoms with van der Waals surface area (Å²) in [4.78, 5) is 18.1. The first-order chi connectivity index (χ1) is 14.5. The highest BCUT2D eigenvalue weighted by Gasteiger charge is 2.32. The van der Waals surface area contributed by atoms with Gasteiger partial charge in [0.2, 0.25) is 0 Å². The summed E-state index contributed by atoms with van der Waals surface area (Å²) in [6.07, 6.45) is 3.01. The molecule has 0 atom stereocenters. The third-order valence-corrected chi connectivity index (χ3v) is 5.95. The Balaban J connectivity index is 1.63. The van der Waals surface area contributed by atoms with Crippen LogP contribution >= 0.6 is 0 Å². The lowest BCUT2D eigenvalue weighted by atomic mass is 10.1. The van der Waals surface area contributed by atoms with Crippen molar-refractivity contribution in [2.24, 2.45) is 4.40 Å². The molecule has 1 aliphatic heterocycles. The molecule has 1 aromatic heterocycles. The standard InChI is InChI=1S/C22H19N3O4S/c1-16-6-4-8-18(14-16)25(12-13-29-22(26)17-7-5-11-23-15-17)21-19-9-2-3-10-20(19)30(27,28)24-21/h2-11,14-15H,12-13H2,1H3. The number of carbonyl (C=O) groups excluding carboxylic acids is 1. The van der Waals surface area contributed by atoms with Crippen molar-refractivity contribution in [1.29, 1.82) is 0 Å². The number of amidine groups is 1. The maximum absolute atomic E-state index is 12.5. The number of fused-ring (bicyclic) bond motifs is 1. The van der Waals surface area contributed by atoms with E-state index in [2.05, 4.69) is 9.38 Å². The van der Waals surface area contributed by atoms with E-state index in [0.29, 0.717) is 17.0 Å². The highest BCUT2D eigenvalue weighted by Crippen LogP contribution is 2.30. The summed E-state index contributed by atoms with van der Waals surface area (Å²) in [6.45, 7) is 2.23. The van der Waals surface area contributed by atoms with E-state index >= 15 is 0 Å². The number of sulfonamides is 1. The summed E-state index contributed by atoms with van der Waals surface area (Å²) in [5.74, 6) is -0.178. The third kappa shape index (κ3) is 3.95. The minimum atomic E-state index is -3.77. The number of nitrogens with zero attached hydrogens (tertiary/aromatic N) is 3. The zero-order chi connectivity index (χ0) is 21.1. The van der Waals surface area contributed by atoms with Crippen molar-refractivity contribution in [3.05, 3.63) is 89.7 Å². The summed E-state index contributed by atoms with van der Waals surface area (Å²) >= 11 is 0. The number of pyridine rings is 1. The maximum atomic E-state index is 12.5. The molecule has 30 heavy (non-hydrogen) atoms. The second kappa shape index (κ2) is 8.08. The normalized spacial score (nSPS) is 14.0. The Kier molecular flexibility index (Phi) is 5.33. The molecule has 4 rings (SSSR count). The van der Waals surface area contributed by atoms with Crippen LogP contribution in [-0.2, 0) is 14.8 Å². The van der Waals surface area contributed by atoms with Crippen LogP contribution in [0.2, 0.25) is 0 Å². The molecule has 3 aromatic rings. The molecule has 0 bridgehead atoms. The van der Waals surface area contributed by atoms with Crippen molar-refractivity contribution in [3.8, 4) is 0 Å². The van der Waals surface area contributed by atoms with Gasteiger partial charge in [-0.2, -0.15) is 8.42 Å². The van der Waals surface area contributed by atoms with Gasteiger partial charge < -0.3 is 9.64 Å². The van der Waals surface area contributed by atoms with Crippen molar-refractivity contribution in [1.82, 2.24) is 4.98 Å². The molecular weight excluding hydrogens is 402 g/mol. The maximum Gasteiger partial charge on any atom is 0.339 e. The van der Waals surface area contributed by atoms with Crippen LogP contribution < -0.4 is 4.90 Å². The average Bonchev–Trinajstić information content (AvgIpc) is 3.02. The number of rotatable bonds is 5. The van der Waals surface area contributed by atoms with Crippen molar-refractivity contribution in [2.45, 2.75) is 11.8 Å². The number of hydrogen-bond donors (Lipinski definition) is 0. The van der Waals surface area contributed by atoms with Gasteiger partial charge in [0.25, 0.3) is 10.0 Å². The van der Waals surface area contributed by atoms with Crippen LogP contribution in [0.1, 0.15) is 21.5 Å². The summed E-state index contributed by atoms with van der Waals surface area (Å²) in [7, 11) is -3.77. The monoisotopic (exact) mass is 421 g/mol. The second-order valence-electron chi connectivity index (χ2n) is 6.75. The van der Waals surface area contributed by atoms with Gasteiger partial charge in [-0.1, -0.05) is 24.3 Å². The first kappa shape index (κ1) is 19.8. The smallest absolute Gasteiger partial charge is 0.339 e. The summed E-state index contributed by atoms with van der Waals surface area (Å²) in [6, 6.07) is 17.6. The summed E-state index contributed by atoms with van der Waals surface area (Å²) < 4.78 is 34.5. The fourth-order valence-corrected chi connectivity index (χ4v) is 4.44. The van der Waals surface area contributed by atoms with Crippen LogP contribution in [0.5, 0.6) is 0 Å². The Hall–Kier alpha value is -3.52. The lowest BCUT2D eigenvalue weighted by molar-refractivity contribution is 0.0517. The highest BCUT2D eigenvalue weighted by atomic mass is 32.2. The van der Waals surface area contributed by atoms with Crippen molar-refractivity contribution >= 4 is 27.5 Å². The molecule has 8 heteroatoms. The zero-order valence-electron chi connectivity index (χ0n) is 16.2. The predicted molar refractivity (Wildman–Crippen MR) is 113 cm³/mol. The molecule has 0 unspecified atom stereocenters. The van der Waals surface area contributed by atoms with Gasteiger partial charge in [-0.3, -0.25) is 4.98 Å². The van der Waals surface area contributed by atoms with Gasteiger partial charge in [-0.05, 0) is 48.9 Å². The van der Waals surface area contributed by atoms with Gasteiger partial charge in [-0.15, -0.1) is 4.40 Å². The topological polar surface area (TPSA) is 88.9 Å². The minimum Gasteiger partial charge on any atom is -0.460 e. The van der Waals surface area contributed by atoms with E-state index in [1.165, 1.54) is 12.3 Å². The molecule has 0 saturated carbocycles. The lowest BCUT2D eigenvalue weighted by Gasteiger charge is -2.25. The van der Waals surface area contributed by atoms with Gasteiger partial charge in [-0.25, -0.2) is 4.79 Å². The number of ether oxygens (including phenoxy) is 1. The molecule has 152 valence electrons. The number of carbonyl (C=O) groups is 1. The van der Waals surface area contributed by atoms with Gasteiger partial charge in [0, 0.05) is 23.6 Å². The number of anilines is 1. The predicted octanol–water partition coefficient (Wildman–Crippen LogP) is 3.20. The van der Waals surface area contributed by atoms with Crippen LogP contribution in [-0.4, -0.2) is 38.4 Å². The minimum absolute atomic E-state index is 0.0445. The van der Waals surface area contributed by atoms with Crippen molar-refractivity contribution in [3.63, 3.8) is 0 Å². The SMILES string of the molecule is Cc1cccc(N(CCOC(=O)c2cccnc2)C2=NS(=O)(=O)c3ccccc32)c1. The summed E-state index contributed by atoms with van der Waals surface area (Å²) in [5, 5.41) is 0. The third-order valence-electron chi connectivity index (χ3n) is 4.63. The molecule has 0 spiro atoms. The highest BCUT2D eigenvalue weighted by molar-refractivity contribution is 7.90. The Morgan fingerprint density at radius 3 is 2.67 bits per heavy atom. The van der Waals surface area contributed by atoms with E-state index < -0.39 is 16.0 Å². The number of esters is 1. The quantitative estimate of drug-likeness (QED) is 0.588. The van der Waals surface area contributed by atoms with Gasteiger partial charge in [0.1, 0.15) is 11.5 Å². The number of aryl methyl sites for hydroxylation is 1. The first-order valence-electron chi connectivity index (χ1n) is 9.31. The number of aromatic nitrogens is 1. The first-order valence-corrected chi connectivity index (χ1v) is 10.8. The molecule has 0 N–H and O–H groups in total. The Bertz CT molecular complexity index is 1220. The lowest BCUT2D eigenvalue weighted by Crippen LogP contribution is -2.34. The van der Waals surface area contributed by atoms with E-state index in [9.17, 15) is 13.2 Å².